The number of carbonyl (C=O) groups is 2. The molecule has 1 aromatic heterocycles. The third-order valence-corrected chi connectivity index (χ3v) is 2.54. The van der Waals surface area contributed by atoms with Gasteiger partial charge in [-0.3, -0.25) is 14.3 Å². The molecule has 7 heteroatoms. The van der Waals surface area contributed by atoms with E-state index in [0.717, 1.165) is 0 Å². The van der Waals surface area contributed by atoms with Crippen LogP contribution in [0.2, 0.25) is 0 Å². The lowest BCUT2D eigenvalue weighted by Crippen LogP contribution is -2.26. The Labute approximate surface area is 91.7 Å². The molecule has 0 aliphatic carbocycles. The number of rotatable bonds is 3. The monoisotopic (exact) mass is 224 g/mol. The molecule has 2 heterocycles. The molecular weight excluding hydrogens is 212 g/mol. The molecule has 1 unspecified atom stereocenters. The molecule has 1 amide bonds. The van der Waals surface area contributed by atoms with Crippen molar-refractivity contribution in [2.75, 3.05) is 6.54 Å². The maximum atomic E-state index is 11.5. The molecule has 2 rings (SSSR count). The minimum atomic E-state index is -0.926. The normalized spacial score (nSPS) is 20.4. The highest BCUT2D eigenvalue weighted by Gasteiger charge is 2.34. The number of aliphatic carboxylic acids is 1. The topological polar surface area (TPSA) is 88.3 Å². The Morgan fingerprint density at radius 1 is 1.69 bits per heavy atom. The van der Waals surface area contributed by atoms with Gasteiger partial charge in [0.15, 0.2) is 5.82 Å². The summed E-state index contributed by atoms with van der Waals surface area (Å²) in [5.74, 6) is -1.15. The molecule has 0 spiro atoms. The largest absolute Gasteiger partial charge is 0.481 e. The van der Waals surface area contributed by atoms with Gasteiger partial charge in [-0.2, -0.15) is 5.10 Å². The molecule has 1 saturated heterocycles. The number of carboxylic acids is 1. The summed E-state index contributed by atoms with van der Waals surface area (Å²) in [4.78, 5) is 27.7. The van der Waals surface area contributed by atoms with Gasteiger partial charge >= 0.3 is 5.97 Å². The molecule has 0 radical (unpaired) electrons. The quantitative estimate of drug-likeness (QED) is 0.729. The van der Waals surface area contributed by atoms with E-state index in [1.54, 1.807) is 18.1 Å². The van der Waals surface area contributed by atoms with E-state index in [0.29, 0.717) is 5.82 Å². The first-order valence-corrected chi connectivity index (χ1v) is 4.91. The highest BCUT2D eigenvalue weighted by Crippen LogP contribution is 2.19. The Bertz CT molecular complexity index is 428. The van der Waals surface area contributed by atoms with Crippen LogP contribution in [0, 0.1) is 5.92 Å². The standard InChI is InChI=1S/C9H12N4O3/c1-12-5-10-7(11-12)4-13-3-6(9(15)16)2-8(13)14/h5-6H,2-4H2,1H3,(H,15,16). The third kappa shape index (κ3) is 2.02. The van der Waals surface area contributed by atoms with Crippen molar-refractivity contribution in [3.8, 4) is 0 Å². The first kappa shape index (κ1) is 10.6. The molecule has 1 N–H and O–H groups in total. The van der Waals surface area contributed by atoms with Gasteiger partial charge in [0.2, 0.25) is 5.91 Å². The van der Waals surface area contributed by atoms with Crippen molar-refractivity contribution in [3.05, 3.63) is 12.2 Å². The summed E-state index contributed by atoms with van der Waals surface area (Å²) < 4.78 is 1.55. The van der Waals surface area contributed by atoms with Crippen LogP contribution in [0.1, 0.15) is 12.2 Å². The molecule has 0 aromatic carbocycles. The maximum absolute atomic E-state index is 11.5. The van der Waals surface area contributed by atoms with Gasteiger partial charge < -0.3 is 10.0 Å². The number of carbonyl (C=O) groups excluding carboxylic acids is 1. The average molecular weight is 224 g/mol. The van der Waals surface area contributed by atoms with Gasteiger partial charge in [0.05, 0.1) is 12.5 Å². The molecule has 0 bridgehead atoms. The summed E-state index contributed by atoms with van der Waals surface area (Å²) >= 11 is 0. The first-order chi connectivity index (χ1) is 7.56. The predicted octanol–water partition coefficient (Wildman–Crippen LogP) is -0.752. The van der Waals surface area contributed by atoms with Crippen molar-refractivity contribution in [1.29, 1.82) is 0 Å². The van der Waals surface area contributed by atoms with E-state index in [2.05, 4.69) is 10.1 Å². The second-order valence-corrected chi connectivity index (χ2v) is 3.85. The van der Waals surface area contributed by atoms with Crippen molar-refractivity contribution in [2.24, 2.45) is 13.0 Å². The van der Waals surface area contributed by atoms with Gasteiger partial charge in [-0.1, -0.05) is 0 Å². The molecule has 1 atom stereocenters. The molecule has 1 fully saturated rings. The van der Waals surface area contributed by atoms with Crippen molar-refractivity contribution >= 4 is 11.9 Å². The van der Waals surface area contributed by atoms with Crippen molar-refractivity contribution in [1.82, 2.24) is 19.7 Å². The van der Waals surface area contributed by atoms with Crippen LogP contribution in [-0.2, 0) is 23.2 Å². The van der Waals surface area contributed by atoms with Crippen LogP contribution in [-0.4, -0.2) is 43.2 Å². The number of likely N-dealkylation sites (tertiary alicyclic amines) is 1. The second-order valence-electron chi connectivity index (χ2n) is 3.85. The number of hydrogen-bond donors (Lipinski definition) is 1. The van der Waals surface area contributed by atoms with Crippen LogP contribution in [0.15, 0.2) is 6.33 Å². The summed E-state index contributed by atoms with van der Waals surface area (Å²) in [5, 5.41) is 12.8. The van der Waals surface area contributed by atoms with Crippen LogP contribution in [0.4, 0.5) is 0 Å². The highest BCUT2D eigenvalue weighted by molar-refractivity contribution is 5.85. The van der Waals surface area contributed by atoms with E-state index >= 15 is 0 Å². The Morgan fingerprint density at radius 2 is 2.44 bits per heavy atom. The van der Waals surface area contributed by atoms with Gasteiger partial charge in [-0.25, -0.2) is 4.98 Å². The van der Waals surface area contributed by atoms with Crippen LogP contribution in [0.5, 0.6) is 0 Å². The second kappa shape index (κ2) is 3.92. The SMILES string of the molecule is Cn1cnc(CN2CC(C(=O)O)CC2=O)n1. The number of aryl methyl sites for hydroxylation is 1. The molecule has 1 aliphatic rings. The lowest BCUT2D eigenvalue weighted by atomic mass is 10.1. The minimum absolute atomic E-state index is 0.0716. The fourth-order valence-corrected chi connectivity index (χ4v) is 1.72. The molecule has 1 aromatic rings. The van der Waals surface area contributed by atoms with Crippen LogP contribution < -0.4 is 0 Å². The third-order valence-electron chi connectivity index (χ3n) is 2.54. The van der Waals surface area contributed by atoms with Crippen molar-refractivity contribution in [2.45, 2.75) is 13.0 Å². The first-order valence-electron chi connectivity index (χ1n) is 4.91. The van der Waals surface area contributed by atoms with E-state index in [9.17, 15) is 9.59 Å². The molecule has 16 heavy (non-hydrogen) atoms. The number of aromatic nitrogens is 3. The van der Waals surface area contributed by atoms with Gasteiger partial charge in [0.1, 0.15) is 6.33 Å². The highest BCUT2D eigenvalue weighted by atomic mass is 16.4. The zero-order valence-corrected chi connectivity index (χ0v) is 8.83. The molecule has 86 valence electrons. The number of nitrogens with zero attached hydrogens (tertiary/aromatic N) is 4. The van der Waals surface area contributed by atoms with Crippen LogP contribution in [0.3, 0.4) is 0 Å². The number of amides is 1. The lowest BCUT2D eigenvalue weighted by molar-refractivity contribution is -0.141. The average Bonchev–Trinajstić information content (AvgIpc) is 2.75. The van der Waals surface area contributed by atoms with Crippen LogP contribution >= 0.6 is 0 Å². The maximum Gasteiger partial charge on any atom is 0.308 e. The van der Waals surface area contributed by atoms with Gasteiger partial charge in [0.25, 0.3) is 0 Å². The predicted molar refractivity (Wildman–Crippen MR) is 52.2 cm³/mol. The van der Waals surface area contributed by atoms with E-state index < -0.39 is 11.9 Å². The Morgan fingerprint density at radius 3 is 2.94 bits per heavy atom. The summed E-state index contributed by atoms with van der Waals surface area (Å²) in [6.07, 6.45) is 1.62. The van der Waals surface area contributed by atoms with E-state index in [1.807, 2.05) is 0 Å². The molecule has 7 nitrogen and oxygen atoms in total. The summed E-state index contributed by atoms with van der Waals surface area (Å²) in [6, 6.07) is 0. The zero-order valence-electron chi connectivity index (χ0n) is 8.83. The number of hydrogen-bond acceptors (Lipinski definition) is 4. The van der Waals surface area contributed by atoms with Crippen LogP contribution in [0.25, 0.3) is 0 Å². The molecular formula is C9H12N4O3. The van der Waals surface area contributed by atoms with Crippen molar-refractivity contribution < 1.29 is 14.7 Å². The van der Waals surface area contributed by atoms with E-state index in [4.69, 9.17) is 5.11 Å². The minimum Gasteiger partial charge on any atom is -0.481 e. The molecule has 0 saturated carbocycles. The Hall–Kier alpha value is -1.92. The van der Waals surface area contributed by atoms with Gasteiger partial charge in [-0.15, -0.1) is 0 Å². The fourth-order valence-electron chi connectivity index (χ4n) is 1.72. The van der Waals surface area contributed by atoms with Gasteiger partial charge in [-0.05, 0) is 0 Å². The Balaban J connectivity index is 2.01. The Kier molecular flexibility index (Phi) is 2.59. The smallest absolute Gasteiger partial charge is 0.308 e. The van der Waals surface area contributed by atoms with Gasteiger partial charge in [0, 0.05) is 20.0 Å². The summed E-state index contributed by atoms with van der Waals surface area (Å²) in [5.41, 5.74) is 0. The lowest BCUT2D eigenvalue weighted by Gasteiger charge is -2.13. The van der Waals surface area contributed by atoms with E-state index in [1.165, 1.54) is 4.90 Å². The summed E-state index contributed by atoms with van der Waals surface area (Å²) in [6.45, 7) is 0.524. The van der Waals surface area contributed by atoms with E-state index in [-0.39, 0.29) is 25.4 Å². The molecule has 1 aliphatic heterocycles. The fraction of sp³-hybridized carbons (Fsp3) is 0.556. The zero-order chi connectivity index (χ0) is 11.7. The van der Waals surface area contributed by atoms with Crippen molar-refractivity contribution in [3.63, 3.8) is 0 Å². The summed E-state index contributed by atoms with van der Waals surface area (Å²) in [7, 11) is 1.74. The number of carboxylic acid groups (broad SMARTS) is 1.